The summed E-state index contributed by atoms with van der Waals surface area (Å²) in [7, 11) is 0. The third-order valence-electron chi connectivity index (χ3n) is 3.41. The number of nitrogens with one attached hydrogen (secondary N) is 1. The van der Waals surface area contributed by atoms with Crippen LogP contribution in [0.2, 0.25) is 0 Å². The molecule has 0 saturated carbocycles. The molecule has 0 heterocycles. The van der Waals surface area contributed by atoms with Crippen molar-refractivity contribution in [3.05, 3.63) is 29.8 Å². The predicted molar refractivity (Wildman–Crippen MR) is 78.3 cm³/mol. The van der Waals surface area contributed by atoms with Crippen molar-refractivity contribution < 1.29 is 4.74 Å². The Balaban J connectivity index is 2.96. The first-order valence-electron chi connectivity index (χ1n) is 7.06. The van der Waals surface area contributed by atoms with E-state index < -0.39 is 0 Å². The normalized spacial score (nSPS) is 14.6. The minimum atomic E-state index is 0.452. The molecule has 1 aromatic carbocycles. The fourth-order valence-corrected chi connectivity index (χ4v) is 2.56. The molecule has 1 aromatic rings. The zero-order chi connectivity index (χ0) is 13.5. The molecule has 2 heteroatoms. The van der Waals surface area contributed by atoms with Crippen molar-refractivity contribution in [2.45, 2.75) is 46.6 Å². The van der Waals surface area contributed by atoms with Crippen LogP contribution in [0.1, 0.15) is 46.1 Å². The van der Waals surface area contributed by atoms with Crippen LogP contribution < -0.4 is 10.1 Å². The fourth-order valence-electron chi connectivity index (χ4n) is 2.56. The van der Waals surface area contributed by atoms with Crippen molar-refractivity contribution >= 4 is 0 Å². The summed E-state index contributed by atoms with van der Waals surface area (Å²) in [6, 6.07) is 8.87. The van der Waals surface area contributed by atoms with E-state index in [1.165, 1.54) is 5.56 Å². The Bertz CT molecular complexity index is 349. The molecule has 102 valence electrons. The first-order chi connectivity index (χ1) is 8.61. The largest absolute Gasteiger partial charge is 0.494 e. The number of rotatable bonds is 7. The van der Waals surface area contributed by atoms with Crippen molar-refractivity contribution in [1.29, 1.82) is 0 Å². The lowest BCUT2D eigenvalue weighted by Crippen LogP contribution is -2.38. The Morgan fingerprint density at radius 2 is 1.78 bits per heavy atom. The molecule has 1 N–H and O–H groups in total. The van der Waals surface area contributed by atoms with E-state index in [4.69, 9.17) is 4.74 Å². The standard InChI is InChI=1S/C16H27NO/c1-6-17-16(12(3)4)13(5)14-10-8-9-11-15(14)18-7-2/h8-13,16-17H,6-7H2,1-5H3. The minimum absolute atomic E-state index is 0.452. The predicted octanol–water partition coefficient (Wildman–Crippen LogP) is 3.82. The highest BCUT2D eigenvalue weighted by Crippen LogP contribution is 2.31. The monoisotopic (exact) mass is 249 g/mol. The molecular weight excluding hydrogens is 222 g/mol. The number of benzene rings is 1. The van der Waals surface area contributed by atoms with E-state index in [-0.39, 0.29) is 0 Å². The zero-order valence-electron chi connectivity index (χ0n) is 12.4. The van der Waals surface area contributed by atoms with Gasteiger partial charge in [-0.2, -0.15) is 0 Å². The number of hydrogen-bond donors (Lipinski definition) is 1. The van der Waals surface area contributed by atoms with Crippen LogP contribution in [0, 0.1) is 5.92 Å². The van der Waals surface area contributed by atoms with Gasteiger partial charge in [0.2, 0.25) is 0 Å². The first-order valence-corrected chi connectivity index (χ1v) is 7.06. The third kappa shape index (κ3) is 3.74. The molecule has 0 bridgehead atoms. The Kier molecular flexibility index (Phi) is 6.20. The SMILES string of the molecule is CCNC(C(C)C)C(C)c1ccccc1OCC. The van der Waals surface area contributed by atoms with Gasteiger partial charge in [-0.25, -0.2) is 0 Å². The van der Waals surface area contributed by atoms with Gasteiger partial charge in [0.15, 0.2) is 0 Å². The van der Waals surface area contributed by atoms with Gasteiger partial charge in [0.25, 0.3) is 0 Å². The summed E-state index contributed by atoms with van der Waals surface area (Å²) in [4.78, 5) is 0. The van der Waals surface area contributed by atoms with Crippen LogP contribution in [0.15, 0.2) is 24.3 Å². The van der Waals surface area contributed by atoms with E-state index in [1.54, 1.807) is 0 Å². The van der Waals surface area contributed by atoms with Crippen LogP contribution in [-0.4, -0.2) is 19.2 Å². The van der Waals surface area contributed by atoms with E-state index >= 15 is 0 Å². The number of para-hydroxylation sites is 1. The lowest BCUT2D eigenvalue weighted by atomic mass is 9.86. The van der Waals surface area contributed by atoms with Crippen LogP contribution in [-0.2, 0) is 0 Å². The van der Waals surface area contributed by atoms with Crippen molar-refractivity contribution in [2.75, 3.05) is 13.2 Å². The Morgan fingerprint density at radius 3 is 2.33 bits per heavy atom. The molecule has 18 heavy (non-hydrogen) atoms. The average Bonchev–Trinajstić information content (AvgIpc) is 2.36. The second-order valence-corrected chi connectivity index (χ2v) is 5.09. The molecule has 0 aromatic heterocycles. The van der Waals surface area contributed by atoms with Gasteiger partial charge in [-0.05, 0) is 31.0 Å². The zero-order valence-corrected chi connectivity index (χ0v) is 12.4. The van der Waals surface area contributed by atoms with Crippen LogP contribution in [0.3, 0.4) is 0 Å². The average molecular weight is 249 g/mol. The Hall–Kier alpha value is -1.02. The summed E-state index contributed by atoms with van der Waals surface area (Å²) < 4.78 is 5.74. The molecule has 2 unspecified atom stereocenters. The molecule has 0 saturated heterocycles. The van der Waals surface area contributed by atoms with Gasteiger partial charge >= 0.3 is 0 Å². The van der Waals surface area contributed by atoms with Gasteiger partial charge in [0.05, 0.1) is 6.61 Å². The van der Waals surface area contributed by atoms with E-state index in [2.05, 4.69) is 51.2 Å². The van der Waals surface area contributed by atoms with Gasteiger partial charge in [0, 0.05) is 12.0 Å². The van der Waals surface area contributed by atoms with Gasteiger partial charge < -0.3 is 10.1 Å². The third-order valence-corrected chi connectivity index (χ3v) is 3.41. The van der Waals surface area contributed by atoms with Crippen molar-refractivity contribution in [3.63, 3.8) is 0 Å². The molecule has 0 radical (unpaired) electrons. The summed E-state index contributed by atoms with van der Waals surface area (Å²) in [6.07, 6.45) is 0. The smallest absolute Gasteiger partial charge is 0.122 e. The molecule has 1 rings (SSSR count). The highest BCUT2D eigenvalue weighted by molar-refractivity contribution is 5.37. The molecule has 2 nitrogen and oxygen atoms in total. The van der Waals surface area contributed by atoms with Crippen LogP contribution >= 0.6 is 0 Å². The lowest BCUT2D eigenvalue weighted by Gasteiger charge is -2.29. The maximum Gasteiger partial charge on any atom is 0.122 e. The van der Waals surface area contributed by atoms with Gasteiger partial charge in [-0.3, -0.25) is 0 Å². The van der Waals surface area contributed by atoms with Crippen molar-refractivity contribution in [3.8, 4) is 5.75 Å². The quantitative estimate of drug-likeness (QED) is 0.793. The highest BCUT2D eigenvalue weighted by Gasteiger charge is 2.23. The topological polar surface area (TPSA) is 21.3 Å². The van der Waals surface area contributed by atoms with E-state index in [0.29, 0.717) is 17.9 Å². The Morgan fingerprint density at radius 1 is 1.11 bits per heavy atom. The lowest BCUT2D eigenvalue weighted by molar-refractivity contribution is 0.319. The maximum absolute atomic E-state index is 5.74. The van der Waals surface area contributed by atoms with E-state index in [9.17, 15) is 0 Å². The molecule has 0 fully saturated rings. The maximum atomic E-state index is 5.74. The van der Waals surface area contributed by atoms with Crippen LogP contribution in [0.4, 0.5) is 0 Å². The second-order valence-electron chi connectivity index (χ2n) is 5.09. The number of hydrogen-bond acceptors (Lipinski definition) is 2. The summed E-state index contributed by atoms with van der Waals surface area (Å²) in [5.41, 5.74) is 1.30. The van der Waals surface area contributed by atoms with E-state index in [1.807, 2.05) is 13.0 Å². The molecule has 0 aliphatic carbocycles. The van der Waals surface area contributed by atoms with E-state index in [0.717, 1.165) is 18.9 Å². The first kappa shape index (κ1) is 15.0. The molecule has 0 aliphatic rings. The van der Waals surface area contributed by atoms with Crippen molar-refractivity contribution in [2.24, 2.45) is 5.92 Å². The highest BCUT2D eigenvalue weighted by atomic mass is 16.5. The number of likely N-dealkylation sites (N-methyl/N-ethyl adjacent to an activating group) is 1. The second kappa shape index (κ2) is 7.42. The Labute approximate surface area is 112 Å². The minimum Gasteiger partial charge on any atom is -0.494 e. The van der Waals surface area contributed by atoms with Gasteiger partial charge in [-0.15, -0.1) is 0 Å². The molecule has 0 spiro atoms. The van der Waals surface area contributed by atoms with Gasteiger partial charge in [0.1, 0.15) is 5.75 Å². The number of ether oxygens (including phenoxy) is 1. The molecule has 2 atom stereocenters. The molecule has 0 amide bonds. The summed E-state index contributed by atoms with van der Waals surface area (Å²) in [5.74, 6) is 2.08. The summed E-state index contributed by atoms with van der Waals surface area (Å²) in [5, 5.41) is 3.59. The summed E-state index contributed by atoms with van der Waals surface area (Å²) in [6.45, 7) is 12.7. The fraction of sp³-hybridized carbons (Fsp3) is 0.625. The van der Waals surface area contributed by atoms with Crippen molar-refractivity contribution in [1.82, 2.24) is 5.32 Å². The van der Waals surface area contributed by atoms with Gasteiger partial charge in [-0.1, -0.05) is 45.9 Å². The van der Waals surface area contributed by atoms with Crippen LogP contribution in [0.25, 0.3) is 0 Å². The molecular formula is C16H27NO. The van der Waals surface area contributed by atoms with Crippen LogP contribution in [0.5, 0.6) is 5.75 Å². The molecule has 0 aliphatic heterocycles. The summed E-state index contributed by atoms with van der Waals surface area (Å²) >= 11 is 0.